The smallest absolute Gasteiger partial charge is 0.251 e. The van der Waals surface area contributed by atoms with Gasteiger partial charge in [-0.2, -0.15) is 0 Å². The van der Waals surface area contributed by atoms with Gasteiger partial charge in [-0.15, -0.1) is 0 Å². The summed E-state index contributed by atoms with van der Waals surface area (Å²) in [5.74, 6) is 0.522. The molecule has 0 bridgehead atoms. The number of rotatable bonds is 6. The Hall–Kier alpha value is -2.89. The molecule has 6 heteroatoms. The highest BCUT2D eigenvalue weighted by Crippen LogP contribution is 2.17. The highest BCUT2D eigenvalue weighted by Gasteiger charge is 2.13. The van der Waals surface area contributed by atoms with E-state index in [1.807, 2.05) is 31.2 Å². The SMILES string of the molecule is Cc1ccccc1C(=O)NCC(=O)NCc1ccc(N2CCCC2)nc1. The molecule has 1 aliphatic heterocycles. The van der Waals surface area contributed by atoms with E-state index in [9.17, 15) is 9.59 Å². The van der Waals surface area contributed by atoms with E-state index in [1.165, 1.54) is 12.8 Å². The first kappa shape index (κ1) is 17.9. The molecule has 2 N–H and O–H groups in total. The lowest BCUT2D eigenvalue weighted by Gasteiger charge is -2.16. The van der Waals surface area contributed by atoms with Gasteiger partial charge in [-0.05, 0) is 43.0 Å². The molecule has 1 aromatic heterocycles. The molecule has 0 saturated carbocycles. The van der Waals surface area contributed by atoms with Crippen molar-refractivity contribution in [2.45, 2.75) is 26.3 Å². The molecule has 0 radical (unpaired) electrons. The minimum atomic E-state index is -0.241. The Labute approximate surface area is 153 Å². The average Bonchev–Trinajstić information content (AvgIpc) is 3.20. The largest absolute Gasteiger partial charge is 0.357 e. The summed E-state index contributed by atoms with van der Waals surface area (Å²) in [4.78, 5) is 30.8. The summed E-state index contributed by atoms with van der Waals surface area (Å²) in [7, 11) is 0. The summed E-state index contributed by atoms with van der Waals surface area (Å²) < 4.78 is 0. The van der Waals surface area contributed by atoms with Gasteiger partial charge in [0.15, 0.2) is 0 Å². The van der Waals surface area contributed by atoms with Crippen molar-refractivity contribution in [3.8, 4) is 0 Å². The summed E-state index contributed by atoms with van der Waals surface area (Å²) in [5, 5.41) is 5.45. The topological polar surface area (TPSA) is 74.3 Å². The molecule has 2 heterocycles. The zero-order chi connectivity index (χ0) is 18.4. The Kier molecular flexibility index (Phi) is 5.84. The molecule has 136 valence electrons. The van der Waals surface area contributed by atoms with Crippen LogP contribution in [0.3, 0.4) is 0 Å². The molecule has 1 fully saturated rings. The van der Waals surface area contributed by atoms with E-state index in [0.29, 0.717) is 12.1 Å². The lowest BCUT2D eigenvalue weighted by Crippen LogP contribution is -2.36. The number of anilines is 1. The molecule has 6 nitrogen and oxygen atoms in total. The summed E-state index contributed by atoms with van der Waals surface area (Å²) in [6.45, 7) is 4.33. The van der Waals surface area contributed by atoms with Gasteiger partial charge >= 0.3 is 0 Å². The normalized spacial score (nSPS) is 13.5. The summed E-state index contributed by atoms with van der Waals surface area (Å²) in [6, 6.07) is 11.3. The van der Waals surface area contributed by atoms with E-state index in [-0.39, 0.29) is 18.4 Å². The van der Waals surface area contributed by atoms with Crippen LogP contribution in [0.25, 0.3) is 0 Å². The lowest BCUT2D eigenvalue weighted by atomic mass is 10.1. The van der Waals surface area contributed by atoms with E-state index in [4.69, 9.17) is 0 Å². The first-order valence-electron chi connectivity index (χ1n) is 8.94. The van der Waals surface area contributed by atoms with Crippen LogP contribution < -0.4 is 15.5 Å². The van der Waals surface area contributed by atoms with E-state index < -0.39 is 0 Å². The first-order chi connectivity index (χ1) is 12.6. The number of aromatic nitrogens is 1. The van der Waals surface area contributed by atoms with Gasteiger partial charge in [0.25, 0.3) is 5.91 Å². The number of nitrogens with one attached hydrogen (secondary N) is 2. The number of hydrogen-bond acceptors (Lipinski definition) is 4. The minimum Gasteiger partial charge on any atom is -0.357 e. The van der Waals surface area contributed by atoms with Gasteiger partial charge in [0.1, 0.15) is 5.82 Å². The number of aryl methyl sites for hydroxylation is 1. The number of benzene rings is 1. The van der Waals surface area contributed by atoms with Crippen LogP contribution in [-0.4, -0.2) is 36.4 Å². The van der Waals surface area contributed by atoms with Crippen molar-refractivity contribution in [1.82, 2.24) is 15.6 Å². The molecule has 1 saturated heterocycles. The number of nitrogens with zero attached hydrogens (tertiary/aromatic N) is 2. The van der Waals surface area contributed by atoms with Gasteiger partial charge in [-0.25, -0.2) is 4.98 Å². The van der Waals surface area contributed by atoms with Crippen LogP contribution in [0, 0.1) is 6.92 Å². The number of amides is 2. The quantitative estimate of drug-likeness (QED) is 0.834. The van der Waals surface area contributed by atoms with Crippen LogP contribution in [0.4, 0.5) is 5.82 Å². The summed E-state index contributed by atoms with van der Waals surface area (Å²) in [5.41, 5.74) is 2.41. The molecule has 0 aliphatic carbocycles. The molecule has 2 amide bonds. The molecule has 1 aromatic carbocycles. The zero-order valence-electron chi connectivity index (χ0n) is 15.0. The molecule has 2 aromatic rings. The van der Waals surface area contributed by atoms with Crippen molar-refractivity contribution >= 4 is 17.6 Å². The number of hydrogen-bond donors (Lipinski definition) is 2. The third-order valence-electron chi connectivity index (χ3n) is 4.53. The van der Waals surface area contributed by atoms with Crippen LogP contribution >= 0.6 is 0 Å². The monoisotopic (exact) mass is 352 g/mol. The van der Waals surface area contributed by atoms with Gasteiger partial charge in [0.05, 0.1) is 6.54 Å². The number of carbonyl (C=O) groups is 2. The van der Waals surface area contributed by atoms with E-state index in [2.05, 4.69) is 20.5 Å². The second-order valence-electron chi connectivity index (χ2n) is 6.49. The van der Waals surface area contributed by atoms with Crippen LogP contribution in [0.15, 0.2) is 42.6 Å². The molecule has 0 atom stereocenters. The van der Waals surface area contributed by atoms with Gasteiger partial charge in [-0.3, -0.25) is 9.59 Å². The van der Waals surface area contributed by atoms with Crippen LogP contribution in [0.2, 0.25) is 0 Å². The fourth-order valence-electron chi connectivity index (χ4n) is 3.00. The Balaban J connectivity index is 1.44. The maximum Gasteiger partial charge on any atom is 0.251 e. The lowest BCUT2D eigenvalue weighted by molar-refractivity contribution is -0.120. The molecule has 0 unspecified atom stereocenters. The summed E-state index contributed by atoms with van der Waals surface area (Å²) >= 11 is 0. The maximum atomic E-state index is 12.1. The van der Waals surface area contributed by atoms with Crippen molar-refractivity contribution in [2.75, 3.05) is 24.5 Å². The Morgan fingerprint density at radius 3 is 2.54 bits per heavy atom. The van der Waals surface area contributed by atoms with Crippen molar-refractivity contribution in [2.24, 2.45) is 0 Å². The second-order valence-corrected chi connectivity index (χ2v) is 6.49. The highest BCUT2D eigenvalue weighted by molar-refractivity contribution is 5.97. The molecule has 0 spiro atoms. The molecule has 1 aliphatic rings. The zero-order valence-corrected chi connectivity index (χ0v) is 15.0. The van der Waals surface area contributed by atoms with Gasteiger partial charge < -0.3 is 15.5 Å². The van der Waals surface area contributed by atoms with Gasteiger partial charge in [0.2, 0.25) is 5.91 Å². The average molecular weight is 352 g/mol. The Morgan fingerprint density at radius 1 is 1.08 bits per heavy atom. The van der Waals surface area contributed by atoms with Crippen LogP contribution in [0.1, 0.15) is 34.3 Å². The van der Waals surface area contributed by atoms with Crippen LogP contribution in [-0.2, 0) is 11.3 Å². The van der Waals surface area contributed by atoms with Gasteiger partial charge in [0, 0.05) is 31.4 Å². The molecule has 3 rings (SSSR count). The van der Waals surface area contributed by atoms with Crippen molar-refractivity contribution in [1.29, 1.82) is 0 Å². The van der Waals surface area contributed by atoms with E-state index in [0.717, 1.165) is 30.0 Å². The van der Waals surface area contributed by atoms with Crippen molar-refractivity contribution in [3.63, 3.8) is 0 Å². The van der Waals surface area contributed by atoms with Crippen molar-refractivity contribution < 1.29 is 9.59 Å². The third kappa shape index (κ3) is 4.59. The molecular formula is C20H24N4O2. The molecule has 26 heavy (non-hydrogen) atoms. The predicted molar refractivity (Wildman–Crippen MR) is 101 cm³/mol. The third-order valence-corrected chi connectivity index (χ3v) is 4.53. The standard InChI is InChI=1S/C20H24N4O2/c1-15-6-2-3-7-17(15)20(26)23-14-19(25)22-13-16-8-9-18(21-12-16)24-10-4-5-11-24/h2-3,6-9,12H,4-5,10-11,13-14H2,1H3,(H,22,25)(H,23,26). The molecular weight excluding hydrogens is 328 g/mol. The fourth-order valence-corrected chi connectivity index (χ4v) is 3.00. The second kappa shape index (κ2) is 8.47. The van der Waals surface area contributed by atoms with E-state index >= 15 is 0 Å². The fraction of sp³-hybridized carbons (Fsp3) is 0.350. The summed E-state index contributed by atoms with van der Waals surface area (Å²) in [6.07, 6.45) is 4.22. The maximum absolute atomic E-state index is 12.1. The van der Waals surface area contributed by atoms with Crippen molar-refractivity contribution in [3.05, 3.63) is 59.3 Å². The Morgan fingerprint density at radius 2 is 1.85 bits per heavy atom. The number of pyridine rings is 1. The van der Waals surface area contributed by atoms with Gasteiger partial charge in [-0.1, -0.05) is 24.3 Å². The number of carbonyl (C=O) groups excluding carboxylic acids is 2. The van der Waals surface area contributed by atoms with Crippen LogP contribution in [0.5, 0.6) is 0 Å². The minimum absolute atomic E-state index is 0.0491. The van der Waals surface area contributed by atoms with E-state index in [1.54, 1.807) is 18.3 Å². The predicted octanol–water partition coefficient (Wildman–Crippen LogP) is 2.04. The first-order valence-corrected chi connectivity index (χ1v) is 8.94. The highest BCUT2D eigenvalue weighted by atomic mass is 16.2. The Bertz CT molecular complexity index is 768.